The van der Waals surface area contributed by atoms with Crippen molar-refractivity contribution in [1.29, 1.82) is 0 Å². The number of rotatable bonds is 2. The average molecular weight is 349 g/mol. The molecule has 2 aromatic rings. The Morgan fingerprint density at radius 3 is 1.45 bits per heavy atom. The van der Waals surface area contributed by atoms with Gasteiger partial charge in [-0.25, -0.2) is 0 Å². The first-order chi connectivity index (χ1) is 10.5. The topological polar surface area (TPSA) is 127 Å². The van der Waals surface area contributed by atoms with Crippen LogP contribution in [-0.4, -0.2) is 19.8 Å². The zero-order valence-electron chi connectivity index (χ0n) is 12.2. The van der Waals surface area contributed by atoms with E-state index in [0.717, 1.165) is 17.4 Å². The van der Waals surface area contributed by atoms with Gasteiger partial charge in [0.2, 0.25) is 0 Å². The fraction of sp³-hybridized carbons (Fsp3) is 0.286. The van der Waals surface area contributed by atoms with E-state index in [1.807, 2.05) is 13.8 Å². The molecule has 8 heteroatoms. The summed E-state index contributed by atoms with van der Waals surface area (Å²) in [6.07, 6.45) is 3.82. The minimum atomic E-state index is -0.162. The summed E-state index contributed by atoms with van der Waals surface area (Å²) in [4.78, 5) is 17.8. The van der Waals surface area contributed by atoms with E-state index < -0.39 is 0 Å². The molecule has 0 aliphatic heterocycles. The molecule has 2 heterocycles. The van der Waals surface area contributed by atoms with Crippen molar-refractivity contribution in [3.8, 4) is 11.5 Å². The van der Waals surface area contributed by atoms with Gasteiger partial charge in [0.15, 0.2) is 11.5 Å². The van der Waals surface area contributed by atoms with Gasteiger partial charge in [0.25, 0.3) is 11.5 Å². The van der Waals surface area contributed by atoms with Crippen LogP contribution in [0.15, 0.2) is 33.5 Å². The van der Waals surface area contributed by atoms with E-state index >= 15 is 0 Å². The summed E-state index contributed by atoms with van der Waals surface area (Å²) < 4.78 is 17.9. The number of aromatic hydroxyl groups is 2. The van der Waals surface area contributed by atoms with Gasteiger partial charge >= 0.3 is 31.9 Å². The van der Waals surface area contributed by atoms with Crippen LogP contribution in [0.2, 0.25) is 0 Å². The van der Waals surface area contributed by atoms with Crippen LogP contribution >= 0.6 is 0 Å². The molecule has 2 aromatic heterocycles. The zero-order chi connectivity index (χ0) is 17.1. The third-order valence-electron chi connectivity index (χ3n) is 2.53. The molecule has 0 aliphatic carbocycles. The molecule has 0 radical (unpaired) electrons. The van der Waals surface area contributed by atoms with Crippen molar-refractivity contribution in [2.75, 3.05) is 0 Å². The van der Waals surface area contributed by atoms with E-state index in [2.05, 4.69) is 0 Å². The van der Waals surface area contributed by atoms with E-state index in [-0.39, 0.29) is 22.4 Å². The first kappa shape index (κ1) is 19.9. The minimum absolute atomic E-state index is 0.136. The van der Waals surface area contributed by atoms with E-state index in [0.29, 0.717) is 24.4 Å². The monoisotopic (exact) mass is 349 g/mol. The molecule has 7 nitrogen and oxygen atoms in total. The van der Waals surface area contributed by atoms with Crippen LogP contribution in [0.5, 0.6) is 11.5 Å². The molecule has 0 bridgehead atoms. The molecule has 0 saturated carbocycles. The molecule has 119 valence electrons. The molecule has 0 aliphatic rings. The second-order valence-electron chi connectivity index (χ2n) is 3.86. The van der Waals surface area contributed by atoms with E-state index in [1.165, 1.54) is 24.7 Å². The molecule has 0 spiro atoms. The van der Waals surface area contributed by atoms with Crippen LogP contribution in [0.3, 0.4) is 0 Å². The van der Waals surface area contributed by atoms with Crippen LogP contribution in [0.4, 0.5) is 0 Å². The Bertz CT molecular complexity index is 631. The molecular weight excluding hydrogens is 331 g/mol. The predicted octanol–water partition coefficient (Wildman–Crippen LogP) is 0.983. The SMILES string of the molecule is CCc1occc(=[OH+])c1O.CCc1occc(=[OH+])c1O.[O]=[V]. The van der Waals surface area contributed by atoms with Crippen LogP contribution < -0.4 is 10.9 Å². The van der Waals surface area contributed by atoms with Crippen molar-refractivity contribution in [1.82, 2.24) is 0 Å². The van der Waals surface area contributed by atoms with Gasteiger partial charge < -0.3 is 19.0 Å². The van der Waals surface area contributed by atoms with Gasteiger partial charge in [-0.1, -0.05) is 13.8 Å². The van der Waals surface area contributed by atoms with Gasteiger partial charge in [0, 0.05) is 12.8 Å². The number of aryl methyl sites for hydroxylation is 2. The molecule has 0 aromatic carbocycles. The first-order valence-electron chi connectivity index (χ1n) is 6.32. The van der Waals surface area contributed by atoms with Crippen molar-refractivity contribution in [3.05, 3.63) is 47.0 Å². The van der Waals surface area contributed by atoms with Crippen molar-refractivity contribution in [2.24, 2.45) is 0 Å². The Balaban J connectivity index is 0.000000360. The Kier molecular flexibility index (Phi) is 9.57. The third kappa shape index (κ3) is 5.71. The molecule has 0 amide bonds. The van der Waals surface area contributed by atoms with Gasteiger partial charge in [-0.2, -0.15) is 0 Å². The maximum absolute atomic E-state index is 9.05. The van der Waals surface area contributed by atoms with Gasteiger partial charge in [0.05, 0.1) is 12.1 Å². The normalized spacial score (nSPS) is 8.95. The molecule has 0 atom stereocenters. The number of hydrogen-bond donors (Lipinski definition) is 2. The van der Waals surface area contributed by atoms with Crippen molar-refractivity contribution in [2.45, 2.75) is 26.7 Å². The summed E-state index contributed by atoms with van der Waals surface area (Å²) in [5.41, 5.74) is -0.272. The Morgan fingerprint density at radius 1 is 0.909 bits per heavy atom. The van der Waals surface area contributed by atoms with Gasteiger partial charge in [-0.3, -0.25) is 9.59 Å². The van der Waals surface area contributed by atoms with Crippen LogP contribution in [0.25, 0.3) is 0 Å². The molecule has 0 saturated heterocycles. The van der Waals surface area contributed by atoms with E-state index in [1.54, 1.807) is 0 Å². The quantitative estimate of drug-likeness (QED) is 0.782. The standard InChI is InChI=1S/2C7H8O3.O.V/c2*1-2-6-7(9)5(8)3-4-10-6;;/h2*3-4,9H,2H2,1H3;;/p+2. The summed E-state index contributed by atoms with van der Waals surface area (Å²) in [5, 5.41) is 18.1. The van der Waals surface area contributed by atoms with Crippen molar-refractivity contribution in [3.63, 3.8) is 0 Å². The van der Waals surface area contributed by atoms with Gasteiger partial charge in [0.1, 0.15) is 12.5 Å². The summed E-state index contributed by atoms with van der Waals surface area (Å²) in [7, 11) is 0. The summed E-state index contributed by atoms with van der Waals surface area (Å²) in [6.45, 7) is 3.66. The van der Waals surface area contributed by atoms with Crippen LogP contribution in [-0.2, 0) is 33.9 Å². The van der Waals surface area contributed by atoms with E-state index in [4.69, 9.17) is 32.3 Å². The Labute approximate surface area is 135 Å². The van der Waals surface area contributed by atoms with Crippen LogP contribution in [0, 0.1) is 0 Å². The fourth-order valence-corrected chi connectivity index (χ4v) is 1.42. The van der Waals surface area contributed by atoms with E-state index in [9.17, 15) is 0 Å². The fourth-order valence-electron chi connectivity index (χ4n) is 1.42. The van der Waals surface area contributed by atoms with Crippen LogP contribution in [0.1, 0.15) is 25.4 Å². The molecule has 0 unspecified atom stereocenters. The van der Waals surface area contributed by atoms with Crippen molar-refractivity contribution < 1.29 is 49.7 Å². The third-order valence-corrected chi connectivity index (χ3v) is 2.53. The Morgan fingerprint density at radius 2 is 1.23 bits per heavy atom. The zero-order valence-corrected chi connectivity index (χ0v) is 13.6. The predicted molar refractivity (Wildman–Crippen MR) is 70.3 cm³/mol. The second kappa shape index (κ2) is 10.6. The number of hydrogen-bond acceptors (Lipinski definition) is 5. The maximum atomic E-state index is 9.05. The van der Waals surface area contributed by atoms with Crippen molar-refractivity contribution >= 4 is 0 Å². The molecule has 2 rings (SSSR count). The Hall–Kier alpha value is -2.12. The van der Waals surface area contributed by atoms with Gasteiger partial charge in [-0.05, 0) is 0 Å². The molecule has 4 N–H and O–H groups in total. The summed E-state index contributed by atoms with van der Waals surface area (Å²) in [5.74, 6) is 0.481. The summed E-state index contributed by atoms with van der Waals surface area (Å²) >= 11 is 1.06. The first-order valence-corrected chi connectivity index (χ1v) is 6.89. The average Bonchev–Trinajstić information content (AvgIpc) is 2.55. The molecule has 22 heavy (non-hydrogen) atoms. The molecule has 0 fully saturated rings. The summed E-state index contributed by atoms with van der Waals surface area (Å²) in [6, 6.07) is 2.60. The van der Waals surface area contributed by atoms with Gasteiger partial charge in [-0.15, -0.1) is 0 Å². The second-order valence-corrected chi connectivity index (χ2v) is 3.86. The molecular formula is C14H18O7V+2.